The van der Waals surface area contributed by atoms with Gasteiger partial charge in [-0.05, 0) is 20.4 Å². The topological polar surface area (TPSA) is 15.3 Å². The van der Waals surface area contributed by atoms with Crippen molar-refractivity contribution in [3.05, 3.63) is 0 Å². The standard InChI is InChI=1S/C8H18N2/c1-4-10-6-7(2)9-5-8(10)3/h7-9H,4-6H2,1-3H3/t7-,8-/m0/s1. The van der Waals surface area contributed by atoms with E-state index in [9.17, 15) is 0 Å². The van der Waals surface area contributed by atoms with E-state index in [-0.39, 0.29) is 0 Å². The summed E-state index contributed by atoms with van der Waals surface area (Å²) in [4.78, 5) is 2.52. The molecule has 1 saturated heterocycles. The van der Waals surface area contributed by atoms with Crippen LogP contribution in [0.2, 0.25) is 0 Å². The molecule has 0 radical (unpaired) electrons. The molecule has 1 heterocycles. The maximum atomic E-state index is 3.45. The van der Waals surface area contributed by atoms with Crippen LogP contribution >= 0.6 is 0 Å². The lowest BCUT2D eigenvalue weighted by molar-refractivity contribution is 0.154. The van der Waals surface area contributed by atoms with Crippen LogP contribution in [0.15, 0.2) is 0 Å². The fourth-order valence-electron chi connectivity index (χ4n) is 1.54. The first-order valence-corrected chi connectivity index (χ1v) is 4.21. The van der Waals surface area contributed by atoms with Gasteiger partial charge in [0.2, 0.25) is 0 Å². The minimum absolute atomic E-state index is 0.677. The minimum atomic E-state index is 0.677. The van der Waals surface area contributed by atoms with Crippen LogP contribution in [0.5, 0.6) is 0 Å². The molecule has 1 aliphatic rings. The Balaban J connectivity index is 2.38. The molecule has 0 amide bonds. The van der Waals surface area contributed by atoms with Crippen LogP contribution < -0.4 is 5.32 Å². The van der Waals surface area contributed by atoms with Gasteiger partial charge in [0.05, 0.1) is 0 Å². The Morgan fingerprint density at radius 2 is 2.20 bits per heavy atom. The second-order valence-electron chi connectivity index (χ2n) is 3.25. The molecular formula is C8H18N2. The summed E-state index contributed by atoms with van der Waals surface area (Å²) in [6.45, 7) is 10.3. The van der Waals surface area contributed by atoms with Crippen LogP contribution in [0.25, 0.3) is 0 Å². The maximum Gasteiger partial charge on any atom is 0.0193 e. The molecule has 2 nitrogen and oxygen atoms in total. The van der Waals surface area contributed by atoms with Crippen molar-refractivity contribution in [1.29, 1.82) is 0 Å². The Hall–Kier alpha value is -0.0800. The van der Waals surface area contributed by atoms with Gasteiger partial charge in [-0.2, -0.15) is 0 Å². The van der Waals surface area contributed by atoms with Gasteiger partial charge in [0, 0.05) is 25.2 Å². The molecule has 0 bridgehead atoms. The Labute approximate surface area is 63.6 Å². The van der Waals surface area contributed by atoms with E-state index in [1.54, 1.807) is 0 Å². The van der Waals surface area contributed by atoms with Crippen molar-refractivity contribution >= 4 is 0 Å². The molecule has 0 aromatic carbocycles. The third kappa shape index (κ3) is 1.70. The zero-order valence-corrected chi connectivity index (χ0v) is 7.22. The Bertz CT molecular complexity index is 103. The lowest BCUT2D eigenvalue weighted by Gasteiger charge is -2.36. The van der Waals surface area contributed by atoms with Gasteiger partial charge < -0.3 is 5.32 Å². The molecule has 0 aromatic heterocycles. The highest BCUT2D eigenvalue weighted by atomic mass is 15.2. The summed E-state index contributed by atoms with van der Waals surface area (Å²) in [5.74, 6) is 0. The van der Waals surface area contributed by atoms with Gasteiger partial charge in [0.1, 0.15) is 0 Å². The first kappa shape index (κ1) is 8.02. The highest BCUT2D eigenvalue weighted by Crippen LogP contribution is 2.04. The van der Waals surface area contributed by atoms with Crippen LogP contribution in [0.1, 0.15) is 20.8 Å². The first-order valence-electron chi connectivity index (χ1n) is 4.21. The van der Waals surface area contributed by atoms with Crippen molar-refractivity contribution in [2.75, 3.05) is 19.6 Å². The summed E-state index contributed by atoms with van der Waals surface area (Å²) >= 11 is 0. The first-order chi connectivity index (χ1) is 4.74. The molecule has 1 fully saturated rings. The van der Waals surface area contributed by atoms with Gasteiger partial charge >= 0.3 is 0 Å². The third-order valence-electron chi connectivity index (χ3n) is 2.30. The number of hydrogen-bond donors (Lipinski definition) is 1. The number of hydrogen-bond acceptors (Lipinski definition) is 2. The van der Waals surface area contributed by atoms with Crippen LogP contribution in [0, 0.1) is 0 Å². The molecule has 1 rings (SSSR count). The van der Waals surface area contributed by atoms with E-state index in [0.29, 0.717) is 6.04 Å². The van der Waals surface area contributed by atoms with Crippen molar-refractivity contribution in [2.24, 2.45) is 0 Å². The largest absolute Gasteiger partial charge is 0.311 e. The van der Waals surface area contributed by atoms with Crippen molar-refractivity contribution < 1.29 is 0 Å². The van der Waals surface area contributed by atoms with E-state index in [0.717, 1.165) is 12.6 Å². The summed E-state index contributed by atoms with van der Waals surface area (Å²) in [6.07, 6.45) is 0. The molecule has 1 N–H and O–H groups in total. The molecule has 2 atom stereocenters. The van der Waals surface area contributed by atoms with E-state index in [1.807, 2.05) is 0 Å². The van der Waals surface area contributed by atoms with E-state index in [1.165, 1.54) is 13.1 Å². The maximum absolute atomic E-state index is 3.45. The van der Waals surface area contributed by atoms with Crippen LogP contribution in [0.3, 0.4) is 0 Å². The summed E-state index contributed by atoms with van der Waals surface area (Å²) in [5.41, 5.74) is 0. The molecule has 0 aliphatic carbocycles. The molecule has 60 valence electrons. The number of piperazine rings is 1. The molecule has 0 saturated carbocycles. The van der Waals surface area contributed by atoms with Crippen molar-refractivity contribution in [3.63, 3.8) is 0 Å². The lowest BCUT2D eigenvalue weighted by atomic mass is 10.1. The monoisotopic (exact) mass is 142 g/mol. The third-order valence-corrected chi connectivity index (χ3v) is 2.30. The minimum Gasteiger partial charge on any atom is -0.311 e. The average Bonchev–Trinajstić information content (AvgIpc) is 1.94. The molecular weight excluding hydrogens is 124 g/mol. The second-order valence-corrected chi connectivity index (χ2v) is 3.25. The summed E-state index contributed by atoms with van der Waals surface area (Å²) in [6, 6.07) is 1.40. The molecule has 1 aliphatic heterocycles. The zero-order chi connectivity index (χ0) is 7.56. The summed E-state index contributed by atoms with van der Waals surface area (Å²) in [5, 5.41) is 3.45. The normalized spacial score (nSPS) is 36.3. The fourth-order valence-corrected chi connectivity index (χ4v) is 1.54. The predicted octanol–water partition coefficient (Wildman–Crippen LogP) is 0.689. The number of rotatable bonds is 1. The van der Waals surface area contributed by atoms with Crippen LogP contribution in [-0.2, 0) is 0 Å². The van der Waals surface area contributed by atoms with Gasteiger partial charge in [0.15, 0.2) is 0 Å². The number of nitrogens with one attached hydrogen (secondary N) is 1. The van der Waals surface area contributed by atoms with Crippen molar-refractivity contribution in [1.82, 2.24) is 10.2 Å². The van der Waals surface area contributed by atoms with Gasteiger partial charge in [-0.3, -0.25) is 4.90 Å². The summed E-state index contributed by atoms with van der Waals surface area (Å²) in [7, 11) is 0. The molecule has 0 aromatic rings. The Morgan fingerprint density at radius 3 is 2.70 bits per heavy atom. The molecule has 10 heavy (non-hydrogen) atoms. The highest BCUT2D eigenvalue weighted by Gasteiger charge is 2.19. The number of likely N-dealkylation sites (N-methyl/N-ethyl adjacent to an activating group) is 1. The molecule has 0 spiro atoms. The zero-order valence-electron chi connectivity index (χ0n) is 7.22. The highest BCUT2D eigenvalue weighted by molar-refractivity contribution is 4.79. The van der Waals surface area contributed by atoms with Crippen LogP contribution in [0.4, 0.5) is 0 Å². The van der Waals surface area contributed by atoms with Gasteiger partial charge in [0.25, 0.3) is 0 Å². The smallest absolute Gasteiger partial charge is 0.0193 e. The van der Waals surface area contributed by atoms with Gasteiger partial charge in [-0.1, -0.05) is 6.92 Å². The van der Waals surface area contributed by atoms with E-state index >= 15 is 0 Å². The Morgan fingerprint density at radius 1 is 1.50 bits per heavy atom. The Kier molecular flexibility index (Phi) is 2.69. The van der Waals surface area contributed by atoms with Crippen LogP contribution in [-0.4, -0.2) is 36.6 Å². The van der Waals surface area contributed by atoms with Crippen molar-refractivity contribution in [3.8, 4) is 0 Å². The average molecular weight is 142 g/mol. The fraction of sp³-hybridized carbons (Fsp3) is 1.00. The molecule has 2 heteroatoms. The quantitative estimate of drug-likeness (QED) is 0.579. The van der Waals surface area contributed by atoms with Gasteiger partial charge in [-0.15, -0.1) is 0 Å². The lowest BCUT2D eigenvalue weighted by Crippen LogP contribution is -2.53. The van der Waals surface area contributed by atoms with Gasteiger partial charge in [-0.25, -0.2) is 0 Å². The van der Waals surface area contributed by atoms with E-state index in [4.69, 9.17) is 0 Å². The summed E-state index contributed by atoms with van der Waals surface area (Å²) < 4.78 is 0. The van der Waals surface area contributed by atoms with E-state index in [2.05, 4.69) is 31.0 Å². The van der Waals surface area contributed by atoms with Crippen molar-refractivity contribution in [2.45, 2.75) is 32.9 Å². The number of nitrogens with zero attached hydrogens (tertiary/aromatic N) is 1. The SMILES string of the molecule is CCN1C[C@H](C)NC[C@@H]1C. The predicted molar refractivity (Wildman–Crippen MR) is 44.2 cm³/mol. The second kappa shape index (κ2) is 3.35. The molecule has 0 unspecified atom stereocenters. The van der Waals surface area contributed by atoms with E-state index < -0.39 is 0 Å².